The summed E-state index contributed by atoms with van der Waals surface area (Å²) in [7, 11) is 0. The number of pyridine rings is 1. The predicted octanol–water partition coefficient (Wildman–Crippen LogP) is 3.20. The number of aryl methyl sites for hydroxylation is 1. The number of nitriles is 1. The van der Waals surface area contributed by atoms with Gasteiger partial charge in [-0.05, 0) is 49.9 Å². The molecule has 1 N–H and O–H groups in total. The van der Waals surface area contributed by atoms with Crippen LogP contribution in [0.25, 0.3) is 5.69 Å². The standard InChI is InChI=1S/C23H25N7O/c1-16-7-8-20(30-27-10-11-28-30)19(13-16)23(31)29-12-4-5-17(2)21(29)15-26-22-18(14-24)6-3-9-25-22/h3,6-11,13,17,21H,4-5,12,15H2,1-2H3,(H,25,26)/t17?,21-/m1/s1. The maximum absolute atomic E-state index is 13.7. The molecule has 1 amide bonds. The van der Waals surface area contributed by atoms with E-state index in [4.69, 9.17) is 0 Å². The van der Waals surface area contributed by atoms with E-state index in [1.54, 1.807) is 30.7 Å². The van der Waals surface area contributed by atoms with Crippen molar-refractivity contribution in [3.8, 4) is 11.8 Å². The van der Waals surface area contributed by atoms with E-state index in [1.807, 2.05) is 30.0 Å². The summed E-state index contributed by atoms with van der Waals surface area (Å²) in [6, 6.07) is 11.4. The lowest BCUT2D eigenvalue weighted by atomic mass is 9.89. The minimum absolute atomic E-state index is 0.0197. The Morgan fingerprint density at radius 1 is 1.26 bits per heavy atom. The molecule has 4 rings (SSSR count). The van der Waals surface area contributed by atoms with Crippen LogP contribution < -0.4 is 5.32 Å². The molecule has 1 aliphatic heterocycles. The SMILES string of the molecule is Cc1ccc(-n2nccn2)c(C(=O)N2CCCC(C)[C@H]2CNc2ncccc2C#N)c1. The van der Waals surface area contributed by atoms with Crippen molar-refractivity contribution in [3.05, 3.63) is 65.6 Å². The molecule has 0 saturated carbocycles. The molecule has 2 atom stereocenters. The summed E-state index contributed by atoms with van der Waals surface area (Å²) in [5.41, 5.74) is 2.76. The van der Waals surface area contributed by atoms with E-state index >= 15 is 0 Å². The molecule has 31 heavy (non-hydrogen) atoms. The van der Waals surface area contributed by atoms with Crippen LogP contribution in [0.3, 0.4) is 0 Å². The zero-order chi connectivity index (χ0) is 21.8. The second kappa shape index (κ2) is 8.96. The first kappa shape index (κ1) is 20.5. The van der Waals surface area contributed by atoms with Crippen LogP contribution >= 0.6 is 0 Å². The first-order valence-electron chi connectivity index (χ1n) is 10.5. The highest BCUT2D eigenvalue weighted by atomic mass is 16.2. The van der Waals surface area contributed by atoms with Gasteiger partial charge in [0, 0.05) is 19.3 Å². The maximum atomic E-state index is 13.7. The Morgan fingerprint density at radius 2 is 2.06 bits per heavy atom. The number of aromatic nitrogens is 4. The number of anilines is 1. The fourth-order valence-electron chi connectivity index (χ4n) is 4.14. The Balaban J connectivity index is 1.62. The summed E-state index contributed by atoms with van der Waals surface area (Å²) in [4.78, 5) is 21.4. The van der Waals surface area contributed by atoms with Gasteiger partial charge in [-0.15, -0.1) is 0 Å². The van der Waals surface area contributed by atoms with Gasteiger partial charge in [0.2, 0.25) is 0 Å². The van der Waals surface area contributed by atoms with Gasteiger partial charge in [0.25, 0.3) is 5.91 Å². The third-order valence-corrected chi connectivity index (χ3v) is 5.80. The van der Waals surface area contributed by atoms with Gasteiger partial charge in [-0.2, -0.15) is 20.3 Å². The Labute approximate surface area is 181 Å². The highest BCUT2D eigenvalue weighted by Crippen LogP contribution is 2.27. The van der Waals surface area contributed by atoms with E-state index in [9.17, 15) is 10.1 Å². The first-order chi connectivity index (χ1) is 15.1. The van der Waals surface area contributed by atoms with Gasteiger partial charge < -0.3 is 10.2 Å². The van der Waals surface area contributed by atoms with Crippen LogP contribution in [0.4, 0.5) is 5.82 Å². The van der Waals surface area contributed by atoms with Crippen molar-refractivity contribution in [1.82, 2.24) is 24.9 Å². The largest absolute Gasteiger partial charge is 0.367 e. The van der Waals surface area contributed by atoms with Crippen molar-refractivity contribution >= 4 is 11.7 Å². The summed E-state index contributed by atoms with van der Waals surface area (Å²) in [5.74, 6) is 0.832. The van der Waals surface area contributed by atoms with Crippen LogP contribution in [-0.4, -0.2) is 49.9 Å². The lowest BCUT2D eigenvalue weighted by Crippen LogP contribution is -2.51. The summed E-state index contributed by atoms with van der Waals surface area (Å²) in [6.45, 7) is 5.35. The molecule has 8 heteroatoms. The van der Waals surface area contributed by atoms with Gasteiger partial charge in [0.1, 0.15) is 11.9 Å². The van der Waals surface area contributed by atoms with Crippen LogP contribution in [-0.2, 0) is 0 Å². The number of nitrogens with one attached hydrogen (secondary N) is 1. The Hall–Kier alpha value is -3.73. The number of piperidine rings is 1. The highest BCUT2D eigenvalue weighted by molar-refractivity contribution is 5.98. The van der Waals surface area contributed by atoms with Gasteiger partial charge in [-0.25, -0.2) is 4.98 Å². The third-order valence-electron chi connectivity index (χ3n) is 5.80. The zero-order valence-electron chi connectivity index (χ0n) is 17.7. The molecular formula is C23H25N7O. The van der Waals surface area contributed by atoms with E-state index < -0.39 is 0 Å². The average Bonchev–Trinajstić information content (AvgIpc) is 3.32. The van der Waals surface area contributed by atoms with Gasteiger partial charge in [-0.3, -0.25) is 4.79 Å². The van der Waals surface area contributed by atoms with Crippen molar-refractivity contribution in [1.29, 1.82) is 5.26 Å². The Morgan fingerprint density at radius 3 is 2.84 bits per heavy atom. The zero-order valence-corrected chi connectivity index (χ0v) is 17.7. The summed E-state index contributed by atoms with van der Waals surface area (Å²) in [5, 5.41) is 21.1. The number of hydrogen-bond donors (Lipinski definition) is 1. The summed E-state index contributed by atoms with van der Waals surface area (Å²) in [6.07, 6.45) is 6.86. The number of carbonyl (C=O) groups is 1. The van der Waals surface area contributed by atoms with Crippen LogP contribution in [0, 0.1) is 24.2 Å². The van der Waals surface area contributed by atoms with Crippen molar-refractivity contribution < 1.29 is 4.79 Å². The number of rotatable bonds is 5. The first-order valence-corrected chi connectivity index (χ1v) is 10.5. The van der Waals surface area contributed by atoms with E-state index in [-0.39, 0.29) is 11.9 Å². The minimum Gasteiger partial charge on any atom is -0.367 e. The molecule has 2 aromatic heterocycles. The van der Waals surface area contributed by atoms with Crippen molar-refractivity contribution in [2.45, 2.75) is 32.7 Å². The van der Waals surface area contributed by atoms with Gasteiger partial charge in [0.05, 0.1) is 35.2 Å². The molecule has 158 valence electrons. The molecule has 1 aliphatic rings. The molecule has 3 heterocycles. The van der Waals surface area contributed by atoms with E-state index in [1.165, 1.54) is 4.80 Å². The molecule has 0 spiro atoms. The second-order valence-corrected chi connectivity index (χ2v) is 7.92. The molecule has 3 aromatic rings. The molecule has 1 saturated heterocycles. The third kappa shape index (κ3) is 4.26. The van der Waals surface area contributed by atoms with E-state index in [0.717, 1.165) is 18.4 Å². The molecular weight excluding hydrogens is 390 g/mol. The molecule has 1 aromatic carbocycles. The normalized spacial score (nSPS) is 18.4. The van der Waals surface area contributed by atoms with E-state index in [0.29, 0.717) is 41.6 Å². The lowest BCUT2D eigenvalue weighted by Gasteiger charge is -2.40. The van der Waals surface area contributed by atoms with Gasteiger partial charge in [0.15, 0.2) is 0 Å². The quantitative estimate of drug-likeness (QED) is 0.687. The summed E-state index contributed by atoms with van der Waals surface area (Å²) >= 11 is 0. The van der Waals surface area contributed by atoms with Crippen molar-refractivity contribution in [2.24, 2.45) is 5.92 Å². The molecule has 0 radical (unpaired) electrons. The number of benzene rings is 1. The Kier molecular flexibility index (Phi) is 5.94. The lowest BCUT2D eigenvalue weighted by molar-refractivity contribution is 0.0539. The number of hydrogen-bond acceptors (Lipinski definition) is 6. The predicted molar refractivity (Wildman–Crippen MR) is 117 cm³/mol. The number of amides is 1. The van der Waals surface area contributed by atoms with Gasteiger partial charge >= 0.3 is 0 Å². The fraction of sp³-hybridized carbons (Fsp3) is 0.348. The topological polar surface area (TPSA) is 99.7 Å². The molecule has 1 unspecified atom stereocenters. The molecule has 8 nitrogen and oxygen atoms in total. The number of nitrogens with zero attached hydrogens (tertiary/aromatic N) is 6. The number of carbonyl (C=O) groups excluding carboxylic acids is 1. The van der Waals surface area contributed by atoms with Crippen LogP contribution in [0.5, 0.6) is 0 Å². The number of likely N-dealkylation sites (tertiary alicyclic amines) is 1. The van der Waals surface area contributed by atoms with Crippen LogP contribution in [0.15, 0.2) is 48.9 Å². The monoisotopic (exact) mass is 415 g/mol. The molecule has 0 aliphatic carbocycles. The van der Waals surface area contributed by atoms with Crippen LogP contribution in [0.1, 0.15) is 41.3 Å². The van der Waals surface area contributed by atoms with Crippen molar-refractivity contribution in [3.63, 3.8) is 0 Å². The Bertz CT molecular complexity index is 1100. The second-order valence-electron chi connectivity index (χ2n) is 7.92. The molecule has 1 fully saturated rings. The highest BCUT2D eigenvalue weighted by Gasteiger charge is 2.33. The van der Waals surface area contributed by atoms with E-state index in [2.05, 4.69) is 33.5 Å². The minimum atomic E-state index is -0.0316. The fourth-order valence-corrected chi connectivity index (χ4v) is 4.14. The average molecular weight is 416 g/mol. The molecule has 0 bridgehead atoms. The summed E-state index contributed by atoms with van der Waals surface area (Å²) < 4.78 is 0. The maximum Gasteiger partial charge on any atom is 0.256 e. The van der Waals surface area contributed by atoms with Crippen LogP contribution in [0.2, 0.25) is 0 Å². The van der Waals surface area contributed by atoms with Gasteiger partial charge in [-0.1, -0.05) is 18.6 Å². The smallest absolute Gasteiger partial charge is 0.256 e. The van der Waals surface area contributed by atoms with Crippen molar-refractivity contribution in [2.75, 3.05) is 18.4 Å².